The minimum atomic E-state index is -0.626. The van der Waals surface area contributed by atoms with Crippen molar-refractivity contribution in [2.75, 3.05) is 0 Å². The third kappa shape index (κ3) is 3.48. The number of hydrogen-bond acceptors (Lipinski definition) is 4. The quantitative estimate of drug-likeness (QED) is 0.398. The fourth-order valence-electron chi connectivity index (χ4n) is 3.58. The fourth-order valence-corrected chi connectivity index (χ4v) is 4.38. The van der Waals surface area contributed by atoms with E-state index in [1.807, 2.05) is 6.07 Å². The number of carbonyl (C=O) groups excluding carboxylic acids is 1. The Morgan fingerprint density at radius 1 is 1.32 bits per heavy atom. The Balaban J connectivity index is 1.98. The van der Waals surface area contributed by atoms with Crippen LogP contribution in [0.4, 0.5) is 4.39 Å². The van der Waals surface area contributed by atoms with Crippen LogP contribution in [0.5, 0.6) is 0 Å². The molecule has 0 aliphatic carbocycles. The van der Waals surface area contributed by atoms with E-state index < -0.39 is 11.6 Å². The number of aromatic nitrogens is 4. The molecular weight excluding hydrogens is 489 g/mol. The molecule has 2 aromatic carbocycles. The van der Waals surface area contributed by atoms with Crippen molar-refractivity contribution in [2.45, 2.75) is 6.54 Å². The van der Waals surface area contributed by atoms with E-state index in [1.54, 1.807) is 30.2 Å². The van der Waals surface area contributed by atoms with E-state index in [4.69, 9.17) is 11.6 Å². The van der Waals surface area contributed by atoms with Gasteiger partial charge in [0.05, 0.1) is 39.9 Å². The summed E-state index contributed by atoms with van der Waals surface area (Å²) in [7, 11) is 3.30. The third-order valence-corrected chi connectivity index (χ3v) is 5.94. The number of benzene rings is 2. The van der Waals surface area contributed by atoms with Crippen LogP contribution in [0.3, 0.4) is 0 Å². The second-order valence-electron chi connectivity index (χ2n) is 6.99. The molecule has 0 unspecified atom stereocenters. The number of nitriles is 1. The van der Waals surface area contributed by atoms with Crippen LogP contribution in [-0.2, 0) is 20.6 Å². The highest BCUT2D eigenvalue weighted by molar-refractivity contribution is 9.10. The van der Waals surface area contributed by atoms with Crippen molar-refractivity contribution in [1.29, 1.82) is 5.26 Å². The van der Waals surface area contributed by atoms with E-state index in [9.17, 15) is 19.2 Å². The number of rotatable bonds is 4. The van der Waals surface area contributed by atoms with Crippen molar-refractivity contribution in [3.8, 4) is 6.07 Å². The molecule has 0 N–H and O–H groups in total. The maximum absolute atomic E-state index is 13.7. The zero-order valence-corrected chi connectivity index (χ0v) is 18.7. The zero-order chi connectivity index (χ0) is 22.4. The Hall–Kier alpha value is -3.22. The predicted octanol–water partition coefficient (Wildman–Crippen LogP) is 3.78. The van der Waals surface area contributed by atoms with E-state index in [1.165, 1.54) is 22.2 Å². The number of imidazole rings is 1. The van der Waals surface area contributed by atoms with Crippen molar-refractivity contribution < 1.29 is 9.18 Å². The molecule has 0 bridgehead atoms. The molecule has 0 aliphatic heterocycles. The Morgan fingerprint density at radius 3 is 2.71 bits per heavy atom. The SMILES string of the molecule is Cn1cc(Cn2c(=O)n(C)c3c(C#N)c(C(=O)c4cc(F)ccc4Cl)c(Br)cc32)cn1. The van der Waals surface area contributed by atoms with E-state index in [0.29, 0.717) is 15.5 Å². The summed E-state index contributed by atoms with van der Waals surface area (Å²) in [6, 6.07) is 7.09. The largest absolute Gasteiger partial charge is 0.329 e. The monoisotopic (exact) mass is 501 g/mol. The van der Waals surface area contributed by atoms with Gasteiger partial charge in [-0.3, -0.25) is 18.6 Å². The molecule has 10 heteroatoms. The second-order valence-corrected chi connectivity index (χ2v) is 8.25. The first-order valence-electron chi connectivity index (χ1n) is 9.02. The van der Waals surface area contributed by atoms with Crippen LogP contribution in [0.2, 0.25) is 5.02 Å². The minimum Gasteiger partial charge on any atom is -0.294 e. The maximum atomic E-state index is 13.7. The van der Waals surface area contributed by atoms with Crippen molar-refractivity contribution in [2.24, 2.45) is 14.1 Å². The number of fused-ring (bicyclic) bond motifs is 1. The average molecular weight is 503 g/mol. The number of ketones is 1. The van der Waals surface area contributed by atoms with Crippen LogP contribution in [0.25, 0.3) is 11.0 Å². The van der Waals surface area contributed by atoms with Crippen LogP contribution in [0.15, 0.2) is 45.9 Å². The van der Waals surface area contributed by atoms with Gasteiger partial charge in [-0.15, -0.1) is 0 Å². The summed E-state index contributed by atoms with van der Waals surface area (Å²) >= 11 is 9.46. The van der Waals surface area contributed by atoms with Crippen molar-refractivity contribution in [3.05, 3.63) is 84.7 Å². The third-order valence-electron chi connectivity index (χ3n) is 4.99. The summed E-state index contributed by atoms with van der Waals surface area (Å²) in [6.07, 6.45) is 3.44. The fraction of sp³-hybridized carbons (Fsp3) is 0.143. The summed E-state index contributed by atoms with van der Waals surface area (Å²) in [5.74, 6) is -1.25. The van der Waals surface area contributed by atoms with Gasteiger partial charge in [0.15, 0.2) is 5.78 Å². The standard InChI is InChI=1S/C21H14BrClFN5O2/c1-27-9-11(8-26-27)10-29-17-6-15(22)18(14(7-25)19(17)28(2)21(29)31)20(30)13-5-12(24)3-4-16(13)23/h3-6,8-9H,10H2,1-2H3. The first-order valence-corrected chi connectivity index (χ1v) is 10.2. The minimum absolute atomic E-state index is 0.000704. The molecule has 0 fully saturated rings. The van der Waals surface area contributed by atoms with Gasteiger partial charge >= 0.3 is 5.69 Å². The number of halogens is 3. The topological polar surface area (TPSA) is 85.6 Å². The van der Waals surface area contributed by atoms with Crippen molar-refractivity contribution in [1.82, 2.24) is 18.9 Å². The normalized spacial score (nSPS) is 11.1. The predicted molar refractivity (Wildman–Crippen MR) is 117 cm³/mol. The Labute approximate surface area is 189 Å². The van der Waals surface area contributed by atoms with Gasteiger partial charge in [0.2, 0.25) is 0 Å². The molecule has 31 heavy (non-hydrogen) atoms. The van der Waals surface area contributed by atoms with E-state index in [-0.39, 0.29) is 33.9 Å². The molecule has 7 nitrogen and oxygen atoms in total. The summed E-state index contributed by atoms with van der Waals surface area (Å²) in [5.41, 5.74) is 1.17. The smallest absolute Gasteiger partial charge is 0.294 e. The molecule has 2 heterocycles. The molecule has 0 aliphatic rings. The molecule has 0 saturated carbocycles. The van der Waals surface area contributed by atoms with Gasteiger partial charge in [-0.2, -0.15) is 10.4 Å². The van der Waals surface area contributed by atoms with Crippen LogP contribution >= 0.6 is 27.5 Å². The first-order chi connectivity index (χ1) is 14.7. The Kier molecular flexibility index (Phi) is 5.29. The lowest BCUT2D eigenvalue weighted by Gasteiger charge is -2.11. The van der Waals surface area contributed by atoms with Crippen LogP contribution < -0.4 is 5.69 Å². The lowest BCUT2D eigenvalue weighted by molar-refractivity contribution is 0.103. The summed E-state index contributed by atoms with van der Waals surface area (Å²) in [6.45, 7) is 0.240. The highest BCUT2D eigenvalue weighted by Gasteiger charge is 2.26. The van der Waals surface area contributed by atoms with Crippen molar-refractivity contribution in [3.63, 3.8) is 0 Å². The molecule has 4 aromatic rings. The molecule has 0 radical (unpaired) electrons. The molecule has 0 amide bonds. The number of hydrogen-bond donors (Lipinski definition) is 0. The highest BCUT2D eigenvalue weighted by Crippen LogP contribution is 2.32. The molecular formula is C21H14BrClFN5O2. The zero-order valence-electron chi connectivity index (χ0n) is 16.4. The maximum Gasteiger partial charge on any atom is 0.329 e. The second kappa shape index (κ2) is 7.80. The van der Waals surface area contributed by atoms with Gasteiger partial charge in [0.1, 0.15) is 11.9 Å². The lowest BCUT2D eigenvalue weighted by atomic mass is 9.97. The summed E-state index contributed by atoms with van der Waals surface area (Å²) in [5, 5.41) is 14.1. The average Bonchev–Trinajstić information content (AvgIpc) is 3.25. The molecule has 0 spiro atoms. The number of aryl methyl sites for hydroxylation is 2. The van der Waals surface area contributed by atoms with Gasteiger partial charge in [0, 0.05) is 35.9 Å². The van der Waals surface area contributed by atoms with Crippen LogP contribution in [0.1, 0.15) is 27.0 Å². The Bertz CT molecular complexity index is 1480. The van der Waals surface area contributed by atoms with Gasteiger partial charge < -0.3 is 0 Å². The van der Waals surface area contributed by atoms with Gasteiger partial charge in [-0.05, 0) is 40.2 Å². The number of carbonyl (C=O) groups is 1. The number of nitrogens with zero attached hydrogens (tertiary/aromatic N) is 5. The van der Waals surface area contributed by atoms with E-state index >= 15 is 0 Å². The molecule has 0 atom stereocenters. The Morgan fingerprint density at radius 2 is 2.06 bits per heavy atom. The van der Waals surface area contributed by atoms with Crippen LogP contribution in [-0.4, -0.2) is 24.7 Å². The highest BCUT2D eigenvalue weighted by atomic mass is 79.9. The molecule has 2 aromatic heterocycles. The lowest BCUT2D eigenvalue weighted by Crippen LogP contribution is -2.22. The van der Waals surface area contributed by atoms with Crippen molar-refractivity contribution >= 4 is 44.3 Å². The molecule has 0 saturated heterocycles. The molecule has 4 rings (SSSR count). The summed E-state index contributed by atoms with van der Waals surface area (Å²) < 4.78 is 18.5. The summed E-state index contributed by atoms with van der Waals surface area (Å²) in [4.78, 5) is 26.2. The van der Waals surface area contributed by atoms with E-state index in [0.717, 1.165) is 17.7 Å². The molecule has 156 valence electrons. The van der Waals surface area contributed by atoms with Gasteiger partial charge in [-0.1, -0.05) is 11.6 Å². The van der Waals surface area contributed by atoms with Gasteiger partial charge in [0.25, 0.3) is 0 Å². The first kappa shape index (κ1) is 21.0. The van der Waals surface area contributed by atoms with Gasteiger partial charge in [-0.25, -0.2) is 9.18 Å². The van der Waals surface area contributed by atoms with E-state index in [2.05, 4.69) is 21.0 Å². The van der Waals surface area contributed by atoms with Crippen LogP contribution in [0, 0.1) is 17.1 Å².